The molecule has 0 spiro atoms. The molecule has 7 heteroatoms. The first-order valence-electron chi connectivity index (χ1n) is 9.28. The summed E-state index contributed by atoms with van der Waals surface area (Å²) in [6.07, 6.45) is 0.715. The minimum atomic E-state index is -0.520. The third-order valence-electron chi connectivity index (χ3n) is 4.48. The summed E-state index contributed by atoms with van der Waals surface area (Å²) in [5.74, 6) is 0.315. The molecule has 0 aliphatic carbocycles. The van der Waals surface area contributed by atoms with E-state index in [0.717, 1.165) is 46.8 Å². The van der Waals surface area contributed by atoms with E-state index in [1.54, 1.807) is 4.90 Å². The smallest absolute Gasteiger partial charge is 0.233 e. The van der Waals surface area contributed by atoms with Gasteiger partial charge in [-0.05, 0) is 61.7 Å². The number of amides is 1. The Labute approximate surface area is 167 Å². The number of thioether (sulfide) groups is 1. The van der Waals surface area contributed by atoms with Crippen molar-refractivity contribution in [1.29, 1.82) is 0 Å². The van der Waals surface area contributed by atoms with Crippen LogP contribution < -0.4 is 9.47 Å². The number of halogens is 2. The van der Waals surface area contributed by atoms with E-state index in [0.29, 0.717) is 38.5 Å². The second-order valence-corrected chi connectivity index (χ2v) is 7.38. The van der Waals surface area contributed by atoms with Gasteiger partial charge >= 0.3 is 0 Å². The normalized spacial score (nSPS) is 13.2. The van der Waals surface area contributed by atoms with Crippen LogP contribution in [0, 0.1) is 11.6 Å². The summed E-state index contributed by atoms with van der Waals surface area (Å²) in [6.45, 7) is 5.96. The molecule has 2 aromatic rings. The molecule has 0 bridgehead atoms. The van der Waals surface area contributed by atoms with Crippen LogP contribution in [0.15, 0.2) is 35.2 Å². The lowest BCUT2D eigenvalue weighted by Gasteiger charge is -2.30. The summed E-state index contributed by atoms with van der Waals surface area (Å²) in [7, 11) is 0. The van der Waals surface area contributed by atoms with Crippen LogP contribution in [0.3, 0.4) is 0 Å². The lowest BCUT2D eigenvalue weighted by molar-refractivity contribution is -0.129. The van der Waals surface area contributed by atoms with Gasteiger partial charge in [-0.3, -0.25) is 4.79 Å². The average Bonchev–Trinajstić information content (AvgIpc) is 2.69. The van der Waals surface area contributed by atoms with Crippen LogP contribution >= 0.6 is 11.8 Å². The molecule has 0 saturated carbocycles. The molecule has 1 aliphatic rings. The molecule has 0 N–H and O–H groups in total. The van der Waals surface area contributed by atoms with Crippen LogP contribution in [0.5, 0.6) is 11.5 Å². The Balaban J connectivity index is 1.69. The van der Waals surface area contributed by atoms with Gasteiger partial charge in [0, 0.05) is 18.0 Å². The fourth-order valence-corrected chi connectivity index (χ4v) is 4.00. The first-order valence-corrected chi connectivity index (χ1v) is 10.3. The summed E-state index contributed by atoms with van der Waals surface area (Å²) in [5, 5.41) is 0. The standard InChI is InChI=1S/C21H23F2NO3S/c1-3-26-18-9-14-7-8-24(12-15(14)10-19(18)27-4-2)21(25)13-28-20-11-16(22)5-6-17(20)23/h5-6,9-11H,3-4,7-8,12-13H2,1-2H3. The van der Waals surface area contributed by atoms with Crippen molar-refractivity contribution in [3.05, 3.63) is 53.1 Å². The van der Waals surface area contributed by atoms with Crippen molar-refractivity contribution < 1.29 is 23.0 Å². The highest BCUT2D eigenvalue weighted by atomic mass is 32.2. The maximum absolute atomic E-state index is 13.7. The number of nitrogens with zero attached hydrogens (tertiary/aromatic N) is 1. The van der Waals surface area contributed by atoms with Crippen LogP contribution in [0.4, 0.5) is 8.78 Å². The Bertz CT molecular complexity index is 860. The van der Waals surface area contributed by atoms with Gasteiger partial charge in [0.2, 0.25) is 5.91 Å². The Kier molecular flexibility index (Phi) is 6.78. The molecule has 0 radical (unpaired) electrons. The molecule has 1 heterocycles. The van der Waals surface area contributed by atoms with Crippen LogP contribution in [0.1, 0.15) is 25.0 Å². The van der Waals surface area contributed by atoms with Crippen molar-refractivity contribution in [2.75, 3.05) is 25.5 Å². The second kappa shape index (κ2) is 9.28. The highest BCUT2D eigenvalue weighted by Crippen LogP contribution is 2.34. The Morgan fingerprint density at radius 3 is 2.43 bits per heavy atom. The maximum Gasteiger partial charge on any atom is 0.233 e. The van der Waals surface area contributed by atoms with Gasteiger partial charge in [0.05, 0.1) is 19.0 Å². The number of hydrogen-bond donors (Lipinski definition) is 0. The van der Waals surface area contributed by atoms with Gasteiger partial charge in [-0.1, -0.05) is 0 Å². The number of benzene rings is 2. The van der Waals surface area contributed by atoms with Crippen LogP contribution in [0.25, 0.3) is 0 Å². The van der Waals surface area contributed by atoms with E-state index >= 15 is 0 Å². The zero-order chi connectivity index (χ0) is 20.1. The molecule has 1 amide bonds. The summed E-state index contributed by atoms with van der Waals surface area (Å²) in [4.78, 5) is 14.5. The van der Waals surface area contributed by atoms with Gasteiger partial charge in [0.25, 0.3) is 0 Å². The van der Waals surface area contributed by atoms with Crippen molar-refractivity contribution in [1.82, 2.24) is 4.90 Å². The predicted molar refractivity (Wildman–Crippen MR) is 105 cm³/mol. The third-order valence-corrected chi connectivity index (χ3v) is 5.49. The van der Waals surface area contributed by atoms with Crippen molar-refractivity contribution in [3.8, 4) is 11.5 Å². The summed E-state index contributed by atoms with van der Waals surface area (Å²) >= 11 is 1.01. The van der Waals surface area contributed by atoms with Gasteiger partial charge in [-0.25, -0.2) is 8.78 Å². The lowest BCUT2D eigenvalue weighted by Crippen LogP contribution is -2.37. The lowest BCUT2D eigenvalue weighted by atomic mass is 9.99. The molecule has 28 heavy (non-hydrogen) atoms. The van der Waals surface area contributed by atoms with E-state index in [2.05, 4.69) is 0 Å². The largest absolute Gasteiger partial charge is 0.490 e. The number of fused-ring (bicyclic) bond motifs is 1. The number of carbonyl (C=O) groups excluding carboxylic acids is 1. The molecule has 4 nitrogen and oxygen atoms in total. The summed E-state index contributed by atoms with van der Waals surface area (Å²) in [5.41, 5.74) is 2.16. The van der Waals surface area contributed by atoms with Gasteiger partial charge in [-0.15, -0.1) is 11.8 Å². The molecular formula is C21H23F2NO3S. The van der Waals surface area contributed by atoms with Crippen molar-refractivity contribution in [3.63, 3.8) is 0 Å². The highest BCUT2D eigenvalue weighted by Gasteiger charge is 2.23. The highest BCUT2D eigenvalue weighted by molar-refractivity contribution is 8.00. The van der Waals surface area contributed by atoms with E-state index in [4.69, 9.17) is 9.47 Å². The Hall–Kier alpha value is -2.28. The molecule has 1 aliphatic heterocycles. The molecule has 0 saturated heterocycles. The predicted octanol–water partition coefficient (Wildman–Crippen LogP) is 4.44. The van der Waals surface area contributed by atoms with Crippen LogP contribution in [0.2, 0.25) is 0 Å². The molecule has 0 atom stereocenters. The van der Waals surface area contributed by atoms with Gasteiger partial charge in [0.15, 0.2) is 11.5 Å². The topological polar surface area (TPSA) is 38.8 Å². The summed E-state index contributed by atoms with van der Waals surface area (Å²) in [6, 6.07) is 7.17. The number of rotatable bonds is 7. The zero-order valence-electron chi connectivity index (χ0n) is 16.0. The molecule has 150 valence electrons. The molecular weight excluding hydrogens is 384 g/mol. The zero-order valence-corrected chi connectivity index (χ0v) is 16.8. The van der Waals surface area contributed by atoms with Crippen molar-refractivity contribution >= 4 is 17.7 Å². The van der Waals surface area contributed by atoms with Gasteiger partial charge in [-0.2, -0.15) is 0 Å². The molecule has 0 unspecified atom stereocenters. The molecule has 0 fully saturated rings. The number of ether oxygens (including phenoxy) is 2. The summed E-state index contributed by atoms with van der Waals surface area (Å²) < 4.78 is 38.4. The van der Waals surface area contributed by atoms with E-state index in [9.17, 15) is 13.6 Å². The average molecular weight is 407 g/mol. The van der Waals surface area contributed by atoms with E-state index in [-0.39, 0.29) is 16.6 Å². The van der Waals surface area contributed by atoms with E-state index < -0.39 is 11.6 Å². The van der Waals surface area contributed by atoms with Crippen molar-refractivity contribution in [2.24, 2.45) is 0 Å². The van der Waals surface area contributed by atoms with Crippen molar-refractivity contribution in [2.45, 2.75) is 31.7 Å². The van der Waals surface area contributed by atoms with Crippen LogP contribution in [-0.4, -0.2) is 36.3 Å². The molecule has 2 aromatic carbocycles. The third kappa shape index (κ3) is 4.76. The maximum atomic E-state index is 13.7. The number of carbonyl (C=O) groups is 1. The Morgan fingerprint density at radius 2 is 1.75 bits per heavy atom. The van der Waals surface area contributed by atoms with Crippen LogP contribution in [-0.2, 0) is 17.8 Å². The van der Waals surface area contributed by atoms with E-state index in [1.807, 2.05) is 26.0 Å². The Morgan fingerprint density at radius 1 is 1.07 bits per heavy atom. The minimum Gasteiger partial charge on any atom is -0.490 e. The number of hydrogen-bond acceptors (Lipinski definition) is 4. The van der Waals surface area contributed by atoms with Gasteiger partial charge in [0.1, 0.15) is 11.6 Å². The first kappa shape index (κ1) is 20.5. The fourth-order valence-electron chi connectivity index (χ4n) is 3.13. The SMILES string of the molecule is CCOc1cc2c(cc1OCC)CN(C(=O)CSc1cc(F)ccc1F)CC2. The second-order valence-electron chi connectivity index (χ2n) is 6.36. The minimum absolute atomic E-state index is 0.0606. The fraction of sp³-hybridized carbons (Fsp3) is 0.381. The molecule has 0 aromatic heterocycles. The monoisotopic (exact) mass is 407 g/mol. The first-order chi connectivity index (χ1) is 13.5. The van der Waals surface area contributed by atoms with Gasteiger partial charge < -0.3 is 14.4 Å². The molecule has 3 rings (SSSR count). The van der Waals surface area contributed by atoms with E-state index in [1.165, 1.54) is 0 Å². The quantitative estimate of drug-likeness (QED) is 0.636.